The first kappa shape index (κ1) is 25.2. The van der Waals surface area contributed by atoms with Crippen molar-refractivity contribution in [1.82, 2.24) is 0 Å². The van der Waals surface area contributed by atoms with Gasteiger partial charge in [-0.15, -0.1) is 0 Å². The van der Waals surface area contributed by atoms with Crippen molar-refractivity contribution < 1.29 is 27.6 Å². The predicted octanol–water partition coefficient (Wildman–Crippen LogP) is 5.42. The fraction of sp³-hybridized carbons (Fsp3) is 0.250. The first-order valence-electron chi connectivity index (χ1n) is 11.6. The Morgan fingerprint density at radius 3 is 2.25 bits per heavy atom. The number of piperidine rings is 1. The van der Waals surface area contributed by atoms with Crippen LogP contribution in [-0.2, 0) is 22.2 Å². The third-order valence-electron chi connectivity index (χ3n) is 6.39. The predicted molar refractivity (Wildman–Crippen MR) is 130 cm³/mol. The maximum atomic E-state index is 13.2. The maximum absolute atomic E-state index is 13.2. The van der Waals surface area contributed by atoms with Crippen molar-refractivity contribution in [3.63, 3.8) is 0 Å². The summed E-state index contributed by atoms with van der Waals surface area (Å²) in [4.78, 5) is 39.2. The van der Waals surface area contributed by atoms with Gasteiger partial charge in [0, 0.05) is 36.6 Å². The first-order chi connectivity index (χ1) is 17.1. The van der Waals surface area contributed by atoms with Gasteiger partial charge in [-0.05, 0) is 59.9 Å². The molecule has 8 heteroatoms. The van der Waals surface area contributed by atoms with Gasteiger partial charge in [-0.25, -0.2) is 0 Å². The highest BCUT2D eigenvalue weighted by molar-refractivity contribution is 6.01. The number of nitrogens with two attached hydrogens (primary N) is 1. The van der Waals surface area contributed by atoms with Crippen molar-refractivity contribution in [1.29, 1.82) is 0 Å². The molecule has 2 N–H and O–H groups in total. The molecule has 1 aliphatic heterocycles. The van der Waals surface area contributed by atoms with Gasteiger partial charge in [-0.3, -0.25) is 14.4 Å². The minimum absolute atomic E-state index is 0.0180. The quantitative estimate of drug-likeness (QED) is 0.477. The summed E-state index contributed by atoms with van der Waals surface area (Å²) in [5.41, 5.74) is 7.80. The monoisotopic (exact) mass is 494 g/mol. The molecule has 0 saturated carbocycles. The molecule has 0 spiro atoms. The molecule has 4 rings (SSSR count). The Morgan fingerprint density at radius 1 is 0.944 bits per heavy atom. The molecule has 0 radical (unpaired) electrons. The summed E-state index contributed by atoms with van der Waals surface area (Å²) < 4.78 is 38.2. The average molecular weight is 495 g/mol. The SMILES string of the molecule is NC(=O)c1ccccc1-c1ccc(N2CCC[C@H](CC(=O)Cc3ccc(C(F)(F)F)cc3)C2=O)cc1. The van der Waals surface area contributed by atoms with Gasteiger partial charge in [0.1, 0.15) is 5.78 Å². The molecule has 36 heavy (non-hydrogen) atoms. The third kappa shape index (κ3) is 5.64. The van der Waals surface area contributed by atoms with Crippen LogP contribution in [0.25, 0.3) is 11.1 Å². The van der Waals surface area contributed by atoms with Crippen molar-refractivity contribution in [2.24, 2.45) is 11.7 Å². The maximum Gasteiger partial charge on any atom is 0.416 e. The van der Waals surface area contributed by atoms with Crippen LogP contribution in [0.4, 0.5) is 18.9 Å². The smallest absolute Gasteiger partial charge is 0.366 e. The number of halogens is 3. The van der Waals surface area contributed by atoms with Crippen molar-refractivity contribution in [3.05, 3.63) is 89.5 Å². The van der Waals surface area contributed by atoms with Crippen molar-refractivity contribution >= 4 is 23.3 Å². The van der Waals surface area contributed by atoms with Crippen LogP contribution in [0.2, 0.25) is 0 Å². The van der Waals surface area contributed by atoms with Crippen LogP contribution < -0.4 is 10.6 Å². The molecule has 0 aromatic heterocycles. The number of carbonyl (C=O) groups excluding carboxylic acids is 3. The number of alkyl halides is 3. The molecular formula is C28H25F3N2O3. The standard InChI is InChI=1S/C28H25F3N2O3/c29-28(30,31)21-11-7-18(8-12-21)16-23(34)17-20-4-3-15-33(27(20)36)22-13-9-19(10-14-22)24-5-1-2-6-25(24)26(32)35/h1-2,5-14,20H,3-4,15-17H2,(H2,32,35)/t20-/m1/s1. The number of amides is 2. The van der Waals surface area contributed by atoms with E-state index in [0.717, 1.165) is 24.1 Å². The zero-order chi connectivity index (χ0) is 25.9. The fourth-order valence-electron chi connectivity index (χ4n) is 4.55. The number of carbonyl (C=O) groups is 3. The summed E-state index contributed by atoms with van der Waals surface area (Å²) in [6.45, 7) is 0.527. The lowest BCUT2D eigenvalue weighted by atomic mass is 9.89. The molecule has 0 unspecified atom stereocenters. The van der Waals surface area contributed by atoms with E-state index >= 15 is 0 Å². The summed E-state index contributed by atoms with van der Waals surface area (Å²) in [7, 11) is 0. The molecule has 1 saturated heterocycles. The second kappa shape index (κ2) is 10.4. The lowest BCUT2D eigenvalue weighted by Gasteiger charge is -2.32. The molecule has 1 fully saturated rings. The van der Waals surface area contributed by atoms with Gasteiger partial charge in [-0.2, -0.15) is 13.2 Å². The van der Waals surface area contributed by atoms with Crippen LogP contribution in [0.5, 0.6) is 0 Å². The van der Waals surface area contributed by atoms with Crippen LogP contribution in [0.15, 0.2) is 72.8 Å². The normalized spacial score (nSPS) is 16.1. The van der Waals surface area contributed by atoms with Crippen LogP contribution in [0.1, 0.15) is 40.7 Å². The first-order valence-corrected chi connectivity index (χ1v) is 11.6. The summed E-state index contributed by atoms with van der Waals surface area (Å²) in [6.07, 6.45) is -3.09. The lowest BCUT2D eigenvalue weighted by molar-refractivity contribution is -0.137. The Morgan fingerprint density at radius 2 is 1.61 bits per heavy atom. The van der Waals surface area contributed by atoms with E-state index in [-0.39, 0.29) is 24.5 Å². The number of hydrogen-bond donors (Lipinski definition) is 1. The summed E-state index contributed by atoms with van der Waals surface area (Å²) >= 11 is 0. The van der Waals surface area contributed by atoms with E-state index in [0.29, 0.717) is 35.3 Å². The van der Waals surface area contributed by atoms with Crippen molar-refractivity contribution in [2.75, 3.05) is 11.4 Å². The minimum atomic E-state index is -4.43. The van der Waals surface area contributed by atoms with E-state index in [1.54, 1.807) is 35.2 Å². The zero-order valence-corrected chi connectivity index (χ0v) is 19.4. The van der Waals surface area contributed by atoms with Gasteiger partial charge in [0.25, 0.3) is 0 Å². The molecule has 2 amide bonds. The van der Waals surface area contributed by atoms with Gasteiger partial charge in [0.05, 0.1) is 5.56 Å². The lowest BCUT2D eigenvalue weighted by Crippen LogP contribution is -2.42. The number of Topliss-reactive ketones (excluding diaryl/α,β-unsaturated/α-hetero) is 1. The highest BCUT2D eigenvalue weighted by Crippen LogP contribution is 2.31. The van der Waals surface area contributed by atoms with Crippen LogP contribution in [0.3, 0.4) is 0 Å². The number of benzene rings is 3. The number of anilines is 1. The fourth-order valence-corrected chi connectivity index (χ4v) is 4.55. The summed E-state index contributed by atoms with van der Waals surface area (Å²) in [5.74, 6) is -1.33. The average Bonchev–Trinajstić information content (AvgIpc) is 2.85. The van der Waals surface area contributed by atoms with Crippen LogP contribution >= 0.6 is 0 Å². The number of rotatable bonds is 7. The van der Waals surface area contributed by atoms with Gasteiger partial charge >= 0.3 is 6.18 Å². The molecule has 0 bridgehead atoms. The molecule has 3 aromatic rings. The highest BCUT2D eigenvalue weighted by atomic mass is 19.4. The number of hydrogen-bond acceptors (Lipinski definition) is 3. The van der Waals surface area contributed by atoms with Gasteiger partial charge in [0.15, 0.2) is 0 Å². The molecule has 1 atom stereocenters. The largest absolute Gasteiger partial charge is 0.416 e. The second-order valence-corrected chi connectivity index (χ2v) is 8.90. The molecular weight excluding hydrogens is 469 g/mol. The van der Waals surface area contributed by atoms with Crippen molar-refractivity contribution in [3.8, 4) is 11.1 Å². The van der Waals surface area contributed by atoms with Crippen LogP contribution in [-0.4, -0.2) is 24.1 Å². The highest BCUT2D eigenvalue weighted by Gasteiger charge is 2.32. The van der Waals surface area contributed by atoms with Gasteiger partial charge in [0.2, 0.25) is 11.8 Å². The number of nitrogens with zero attached hydrogens (tertiary/aromatic N) is 1. The van der Waals surface area contributed by atoms with Crippen LogP contribution in [0, 0.1) is 5.92 Å². The summed E-state index contributed by atoms with van der Waals surface area (Å²) in [6, 6.07) is 18.8. The van der Waals surface area contributed by atoms with E-state index in [1.165, 1.54) is 12.1 Å². The molecule has 5 nitrogen and oxygen atoms in total. The van der Waals surface area contributed by atoms with E-state index in [4.69, 9.17) is 5.73 Å². The summed E-state index contributed by atoms with van der Waals surface area (Å²) in [5, 5.41) is 0. The topological polar surface area (TPSA) is 80.5 Å². The van der Waals surface area contributed by atoms with E-state index < -0.39 is 23.6 Å². The third-order valence-corrected chi connectivity index (χ3v) is 6.39. The molecule has 1 heterocycles. The Hall–Kier alpha value is -3.94. The van der Waals surface area contributed by atoms with Crippen molar-refractivity contribution in [2.45, 2.75) is 31.9 Å². The Labute approximate surface area is 206 Å². The Bertz CT molecular complexity index is 1270. The van der Waals surface area contributed by atoms with E-state index in [1.807, 2.05) is 18.2 Å². The van der Waals surface area contributed by atoms with E-state index in [2.05, 4.69) is 0 Å². The number of primary amides is 1. The molecule has 1 aliphatic rings. The van der Waals surface area contributed by atoms with E-state index in [9.17, 15) is 27.6 Å². The number of ketones is 1. The van der Waals surface area contributed by atoms with Gasteiger partial charge < -0.3 is 10.6 Å². The van der Waals surface area contributed by atoms with Gasteiger partial charge in [-0.1, -0.05) is 42.5 Å². The minimum Gasteiger partial charge on any atom is -0.366 e. The second-order valence-electron chi connectivity index (χ2n) is 8.90. The zero-order valence-electron chi connectivity index (χ0n) is 19.4. The molecule has 186 valence electrons. The Balaban J connectivity index is 1.42. The molecule has 3 aromatic carbocycles. The molecule has 0 aliphatic carbocycles. The Kier molecular flexibility index (Phi) is 7.24.